The van der Waals surface area contributed by atoms with Crippen LogP contribution in [0.3, 0.4) is 0 Å². The Bertz CT molecular complexity index is 709. The summed E-state index contributed by atoms with van der Waals surface area (Å²) in [5, 5.41) is 0. The lowest BCUT2D eigenvalue weighted by Gasteiger charge is -2.34. The Morgan fingerprint density at radius 3 is 2.42 bits per heavy atom. The lowest BCUT2D eigenvalue weighted by Crippen LogP contribution is -2.49. The zero-order valence-corrected chi connectivity index (χ0v) is 15.3. The molecule has 1 aromatic rings. The quantitative estimate of drug-likeness (QED) is 0.841. The second-order valence-electron chi connectivity index (χ2n) is 7.05. The third-order valence-corrected chi connectivity index (χ3v) is 7.33. The van der Waals surface area contributed by atoms with Crippen molar-refractivity contribution in [3.63, 3.8) is 0 Å². The molecule has 0 aliphatic carbocycles. The van der Waals surface area contributed by atoms with Crippen molar-refractivity contribution in [2.45, 2.75) is 50.5 Å². The molecule has 6 heteroatoms. The van der Waals surface area contributed by atoms with Gasteiger partial charge in [0.15, 0.2) is 0 Å². The number of hydrogen-bond donors (Lipinski definition) is 0. The first-order valence-electron chi connectivity index (χ1n) is 8.77. The van der Waals surface area contributed by atoms with Gasteiger partial charge in [0.25, 0.3) is 0 Å². The van der Waals surface area contributed by atoms with Crippen molar-refractivity contribution in [2.75, 3.05) is 19.6 Å². The van der Waals surface area contributed by atoms with Gasteiger partial charge in [0.1, 0.15) is 6.04 Å². The zero-order valence-electron chi connectivity index (χ0n) is 14.4. The van der Waals surface area contributed by atoms with E-state index < -0.39 is 16.1 Å². The fourth-order valence-electron chi connectivity index (χ4n) is 3.69. The largest absolute Gasteiger partial charge is 0.341 e. The molecule has 2 saturated heterocycles. The van der Waals surface area contributed by atoms with Crippen molar-refractivity contribution in [2.24, 2.45) is 5.92 Å². The fourth-order valence-corrected chi connectivity index (χ4v) is 5.56. The predicted molar refractivity (Wildman–Crippen MR) is 93.1 cm³/mol. The van der Waals surface area contributed by atoms with Crippen LogP contribution in [-0.4, -0.2) is 49.2 Å². The van der Waals surface area contributed by atoms with Crippen LogP contribution in [0.4, 0.5) is 0 Å². The van der Waals surface area contributed by atoms with E-state index in [1.165, 1.54) is 4.31 Å². The summed E-state index contributed by atoms with van der Waals surface area (Å²) in [6.45, 7) is 5.92. The van der Waals surface area contributed by atoms with E-state index in [4.69, 9.17) is 0 Å². The molecule has 1 aromatic carbocycles. The van der Waals surface area contributed by atoms with E-state index in [-0.39, 0.29) is 5.91 Å². The Morgan fingerprint density at radius 1 is 1.08 bits per heavy atom. The third-order valence-electron chi connectivity index (χ3n) is 5.26. The van der Waals surface area contributed by atoms with Crippen LogP contribution in [0.1, 0.15) is 38.2 Å². The minimum atomic E-state index is -3.63. The van der Waals surface area contributed by atoms with Gasteiger partial charge in [-0.05, 0) is 50.2 Å². The molecule has 2 aliphatic heterocycles. The summed E-state index contributed by atoms with van der Waals surface area (Å²) in [5.74, 6) is 0.626. The van der Waals surface area contributed by atoms with E-state index in [0.29, 0.717) is 23.8 Å². The van der Waals surface area contributed by atoms with E-state index in [9.17, 15) is 13.2 Å². The van der Waals surface area contributed by atoms with Crippen LogP contribution in [0.2, 0.25) is 0 Å². The number of carbonyl (C=O) groups excluding carboxylic acids is 1. The molecule has 1 amide bonds. The number of aryl methyl sites for hydroxylation is 1. The number of benzene rings is 1. The van der Waals surface area contributed by atoms with E-state index in [2.05, 4.69) is 6.92 Å². The van der Waals surface area contributed by atoms with Crippen molar-refractivity contribution in [1.29, 1.82) is 0 Å². The maximum atomic E-state index is 13.1. The van der Waals surface area contributed by atoms with E-state index in [0.717, 1.165) is 37.9 Å². The summed E-state index contributed by atoms with van der Waals surface area (Å²) in [6, 6.07) is 6.45. The molecule has 2 aliphatic rings. The zero-order chi connectivity index (χ0) is 17.3. The topological polar surface area (TPSA) is 57.7 Å². The number of carbonyl (C=O) groups is 1. The van der Waals surface area contributed by atoms with E-state index in [1.54, 1.807) is 25.1 Å². The van der Waals surface area contributed by atoms with E-state index >= 15 is 0 Å². The highest BCUT2D eigenvalue weighted by Crippen LogP contribution is 2.29. The number of nitrogens with zero attached hydrogens (tertiary/aromatic N) is 2. The Kier molecular flexibility index (Phi) is 4.97. The molecule has 0 spiro atoms. The van der Waals surface area contributed by atoms with Crippen molar-refractivity contribution < 1.29 is 13.2 Å². The SMILES string of the molecule is Cc1ccccc1S(=O)(=O)N1CCC[C@H]1C(=O)N1CCC(C)CC1. The Balaban J connectivity index is 1.83. The highest BCUT2D eigenvalue weighted by atomic mass is 32.2. The van der Waals surface area contributed by atoms with Gasteiger partial charge in [0, 0.05) is 19.6 Å². The Hall–Kier alpha value is -1.40. The minimum Gasteiger partial charge on any atom is -0.341 e. The molecule has 2 heterocycles. The Labute approximate surface area is 144 Å². The first kappa shape index (κ1) is 17.4. The molecule has 0 bridgehead atoms. The summed E-state index contributed by atoms with van der Waals surface area (Å²) in [6.07, 6.45) is 3.37. The molecule has 0 aromatic heterocycles. The number of likely N-dealkylation sites (tertiary alicyclic amines) is 1. The molecule has 24 heavy (non-hydrogen) atoms. The van der Waals surface area contributed by atoms with Gasteiger partial charge in [0.05, 0.1) is 4.90 Å². The second-order valence-corrected chi connectivity index (χ2v) is 8.91. The normalized spacial score (nSPS) is 23.6. The van der Waals surface area contributed by atoms with Crippen LogP contribution >= 0.6 is 0 Å². The molecule has 2 fully saturated rings. The van der Waals surface area contributed by atoms with E-state index in [1.807, 2.05) is 11.0 Å². The Morgan fingerprint density at radius 2 is 1.75 bits per heavy atom. The summed E-state index contributed by atoms with van der Waals surface area (Å²) in [4.78, 5) is 15.1. The van der Waals surface area contributed by atoms with Crippen molar-refractivity contribution in [1.82, 2.24) is 9.21 Å². The van der Waals surface area contributed by atoms with Crippen LogP contribution in [0.25, 0.3) is 0 Å². The fraction of sp³-hybridized carbons (Fsp3) is 0.611. The summed E-state index contributed by atoms with van der Waals surface area (Å²) < 4.78 is 27.5. The standard InChI is InChI=1S/C18H26N2O3S/c1-14-9-12-19(13-10-14)18(21)16-7-5-11-20(16)24(22,23)17-8-4-3-6-15(17)2/h3-4,6,8,14,16H,5,7,9-13H2,1-2H3/t16-/m0/s1. The minimum absolute atomic E-state index is 0.0171. The van der Waals surface area contributed by atoms with Crippen molar-refractivity contribution in [3.05, 3.63) is 29.8 Å². The number of piperidine rings is 1. The van der Waals surface area contributed by atoms with Crippen LogP contribution in [0, 0.1) is 12.8 Å². The summed E-state index contributed by atoms with van der Waals surface area (Å²) >= 11 is 0. The maximum absolute atomic E-state index is 13.1. The highest BCUT2D eigenvalue weighted by Gasteiger charge is 2.41. The van der Waals surface area contributed by atoms with Crippen LogP contribution in [0.5, 0.6) is 0 Å². The average Bonchev–Trinajstić information content (AvgIpc) is 3.05. The lowest BCUT2D eigenvalue weighted by atomic mass is 9.98. The molecule has 0 unspecified atom stereocenters. The maximum Gasteiger partial charge on any atom is 0.244 e. The molecule has 132 valence electrons. The first-order valence-corrected chi connectivity index (χ1v) is 10.2. The summed E-state index contributed by atoms with van der Waals surface area (Å²) in [5.41, 5.74) is 0.724. The second kappa shape index (κ2) is 6.84. The van der Waals surface area contributed by atoms with Gasteiger partial charge in [-0.1, -0.05) is 25.1 Å². The average molecular weight is 350 g/mol. The number of amides is 1. The molecule has 5 nitrogen and oxygen atoms in total. The molecule has 3 rings (SSSR count). The molecule has 0 radical (unpaired) electrons. The smallest absolute Gasteiger partial charge is 0.244 e. The van der Waals surface area contributed by atoms with Crippen molar-refractivity contribution in [3.8, 4) is 0 Å². The van der Waals surface area contributed by atoms with Crippen LogP contribution < -0.4 is 0 Å². The molecule has 1 atom stereocenters. The highest BCUT2D eigenvalue weighted by molar-refractivity contribution is 7.89. The number of hydrogen-bond acceptors (Lipinski definition) is 3. The third kappa shape index (κ3) is 3.22. The number of sulfonamides is 1. The van der Waals surface area contributed by atoms with Gasteiger partial charge in [-0.15, -0.1) is 0 Å². The van der Waals surface area contributed by atoms with Crippen LogP contribution in [0.15, 0.2) is 29.2 Å². The van der Waals surface area contributed by atoms with Gasteiger partial charge in [-0.2, -0.15) is 4.31 Å². The molecule has 0 N–H and O–H groups in total. The molecular weight excluding hydrogens is 324 g/mol. The van der Waals surface area contributed by atoms with Gasteiger partial charge in [-0.25, -0.2) is 8.42 Å². The van der Waals surface area contributed by atoms with Gasteiger partial charge < -0.3 is 4.90 Å². The van der Waals surface area contributed by atoms with Crippen LogP contribution in [-0.2, 0) is 14.8 Å². The lowest BCUT2D eigenvalue weighted by molar-refractivity contribution is -0.135. The van der Waals surface area contributed by atoms with Crippen molar-refractivity contribution >= 4 is 15.9 Å². The van der Waals surface area contributed by atoms with Gasteiger partial charge >= 0.3 is 0 Å². The first-order chi connectivity index (χ1) is 11.4. The predicted octanol–water partition coefficient (Wildman–Crippen LogP) is 2.41. The molecule has 0 saturated carbocycles. The van der Waals surface area contributed by atoms with Gasteiger partial charge in [-0.3, -0.25) is 4.79 Å². The van der Waals surface area contributed by atoms with Gasteiger partial charge in [0.2, 0.25) is 15.9 Å². The molecular formula is C18H26N2O3S. The number of rotatable bonds is 3. The monoisotopic (exact) mass is 350 g/mol. The summed E-state index contributed by atoms with van der Waals surface area (Å²) in [7, 11) is -3.63.